The van der Waals surface area contributed by atoms with Crippen LogP contribution >= 0.6 is 27.3 Å². The molecule has 1 aromatic heterocycles. The predicted molar refractivity (Wildman–Crippen MR) is 77.0 cm³/mol. The van der Waals surface area contributed by atoms with Gasteiger partial charge in [0.05, 0.1) is 8.66 Å². The Morgan fingerprint density at radius 3 is 2.61 bits per heavy atom. The van der Waals surface area contributed by atoms with E-state index in [0.717, 1.165) is 15.8 Å². The fourth-order valence-electron chi connectivity index (χ4n) is 1.30. The quantitative estimate of drug-likeness (QED) is 0.840. The number of thiophene rings is 1. The minimum atomic E-state index is -0.128. The van der Waals surface area contributed by atoms with Crippen molar-refractivity contribution >= 4 is 39.1 Å². The van der Waals surface area contributed by atoms with Crippen molar-refractivity contribution in [3.8, 4) is 0 Å². The lowest BCUT2D eigenvalue weighted by Gasteiger charge is -2.04. The molecule has 0 bridgehead atoms. The van der Waals surface area contributed by atoms with Crippen LogP contribution in [0, 0.1) is 6.92 Å². The summed E-state index contributed by atoms with van der Waals surface area (Å²) in [5.41, 5.74) is 1.05. The highest BCUT2D eigenvalue weighted by molar-refractivity contribution is 9.11. The zero-order valence-electron chi connectivity index (χ0n) is 10.5. The molecule has 0 aliphatic heterocycles. The van der Waals surface area contributed by atoms with Crippen LogP contribution in [0.2, 0.25) is 0 Å². The van der Waals surface area contributed by atoms with E-state index in [0.29, 0.717) is 24.4 Å². The van der Waals surface area contributed by atoms with Crippen molar-refractivity contribution in [3.63, 3.8) is 0 Å². The number of hydrogen-bond acceptors (Lipinski definition) is 3. The summed E-state index contributed by atoms with van der Waals surface area (Å²) in [5.74, 6) is -0.155. The molecule has 0 aliphatic carbocycles. The Kier molecular flexibility index (Phi) is 6.35. The molecule has 6 heteroatoms. The van der Waals surface area contributed by atoms with Gasteiger partial charge in [0.25, 0.3) is 5.91 Å². The van der Waals surface area contributed by atoms with Gasteiger partial charge in [0.2, 0.25) is 5.91 Å². The van der Waals surface area contributed by atoms with Crippen molar-refractivity contribution in [2.24, 2.45) is 0 Å². The largest absolute Gasteiger partial charge is 0.356 e. The van der Waals surface area contributed by atoms with Crippen LogP contribution in [0.3, 0.4) is 0 Å². The summed E-state index contributed by atoms with van der Waals surface area (Å²) in [7, 11) is 0. The van der Waals surface area contributed by atoms with E-state index in [1.165, 1.54) is 11.3 Å². The van der Waals surface area contributed by atoms with Gasteiger partial charge >= 0.3 is 0 Å². The number of rotatable bonds is 6. The zero-order chi connectivity index (χ0) is 13.5. The van der Waals surface area contributed by atoms with E-state index in [1.54, 1.807) is 0 Å². The Labute approximate surface area is 119 Å². The van der Waals surface area contributed by atoms with Crippen LogP contribution in [0.15, 0.2) is 9.85 Å². The average Bonchev–Trinajstić information content (AvgIpc) is 2.67. The first-order valence-corrected chi connectivity index (χ1v) is 7.46. The van der Waals surface area contributed by atoms with Gasteiger partial charge in [-0.15, -0.1) is 11.3 Å². The number of nitrogens with one attached hydrogen (secondary N) is 2. The maximum absolute atomic E-state index is 11.8. The summed E-state index contributed by atoms with van der Waals surface area (Å²) >= 11 is 4.78. The summed E-state index contributed by atoms with van der Waals surface area (Å²) in [6.07, 6.45) is 1.23. The summed E-state index contributed by atoms with van der Waals surface area (Å²) < 4.78 is 0.966. The molecule has 1 aromatic rings. The van der Waals surface area contributed by atoms with Crippen LogP contribution < -0.4 is 10.6 Å². The van der Waals surface area contributed by atoms with Crippen LogP contribution in [0.4, 0.5) is 0 Å². The molecular weight excluding hydrogens is 316 g/mol. The number of amides is 2. The lowest BCUT2D eigenvalue weighted by molar-refractivity contribution is -0.120. The lowest BCUT2D eigenvalue weighted by Crippen LogP contribution is -2.30. The average molecular weight is 333 g/mol. The van der Waals surface area contributed by atoms with Crippen molar-refractivity contribution in [2.45, 2.75) is 26.7 Å². The van der Waals surface area contributed by atoms with E-state index in [1.807, 2.05) is 19.9 Å². The second kappa shape index (κ2) is 7.53. The third-order valence-electron chi connectivity index (χ3n) is 2.29. The van der Waals surface area contributed by atoms with Gasteiger partial charge in [-0.3, -0.25) is 9.59 Å². The molecule has 0 fully saturated rings. The van der Waals surface area contributed by atoms with E-state index >= 15 is 0 Å². The highest BCUT2D eigenvalue weighted by Crippen LogP contribution is 2.27. The first-order chi connectivity index (χ1) is 8.54. The number of halogens is 1. The number of hydrogen-bond donors (Lipinski definition) is 2. The Balaban J connectivity index is 2.31. The van der Waals surface area contributed by atoms with Crippen LogP contribution in [0.25, 0.3) is 0 Å². The normalized spacial score (nSPS) is 10.2. The summed E-state index contributed by atoms with van der Waals surface area (Å²) in [6.45, 7) is 4.99. The number of carbonyl (C=O) groups is 2. The SMILES string of the molecule is CCCNC(=O)CCNC(=O)c1cc(C)c(Br)s1. The minimum Gasteiger partial charge on any atom is -0.356 e. The molecule has 0 saturated heterocycles. The minimum absolute atomic E-state index is 0.0271. The Morgan fingerprint density at radius 2 is 2.06 bits per heavy atom. The molecule has 1 rings (SSSR count). The number of aryl methyl sites for hydroxylation is 1. The highest BCUT2D eigenvalue weighted by Gasteiger charge is 2.11. The molecule has 2 amide bonds. The molecule has 0 saturated carbocycles. The fourth-order valence-corrected chi connectivity index (χ4v) is 2.75. The molecule has 1 heterocycles. The molecule has 0 unspecified atom stereocenters. The fraction of sp³-hybridized carbons (Fsp3) is 0.500. The molecule has 18 heavy (non-hydrogen) atoms. The monoisotopic (exact) mass is 332 g/mol. The van der Waals surface area contributed by atoms with Crippen LogP contribution in [0.1, 0.15) is 35.0 Å². The van der Waals surface area contributed by atoms with Gasteiger partial charge < -0.3 is 10.6 Å². The predicted octanol–water partition coefficient (Wildman–Crippen LogP) is 2.47. The Morgan fingerprint density at radius 1 is 1.33 bits per heavy atom. The van der Waals surface area contributed by atoms with Gasteiger partial charge in [-0.05, 0) is 40.9 Å². The molecule has 0 atom stereocenters. The van der Waals surface area contributed by atoms with E-state index in [-0.39, 0.29) is 11.8 Å². The molecule has 0 aliphatic rings. The molecular formula is C12H17BrN2O2S. The molecule has 2 N–H and O–H groups in total. The number of carbonyl (C=O) groups excluding carboxylic acids is 2. The lowest BCUT2D eigenvalue weighted by atomic mass is 10.3. The third-order valence-corrected chi connectivity index (χ3v) is 4.43. The molecule has 4 nitrogen and oxygen atoms in total. The van der Waals surface area contributed by atoms with E-state index in [2.05, 4.69) is 26.6 Å². The van der Waals surface area contributed by atoms with Crippen molar-refractivity contribution in [1.82, 2.24) is 10.6 Å². The summed E-state index contributed by atoms with van der Waals surface area (Å²) in [4.78, 5) is 23.7. The third kappa shape index (κ3) is 4.78. The summed E-state index contributed by atoms with van der Waals surface area (Å²) in [6, 6.07) is 1.83. The van der Waals surface area contributed by atoms with Gasteiger partial charge in [0, 0.05) is 19.5 Å². The van der Waals surface area contributed by atoms with Gasteiger partial charge in [0.15, 0.2) is 0 Å². The van der Waals surface area contributed by atoms with Crippen molar-refractivity contribution < 1.29 is 9.59 Å². The molecule has 0 aromatic carbocycles. The second-order valence-electron chi connectivity index (χ2n) is 3.92. The highest BCUT2D eigenvalue weighted by atomic mass is 79.9. The molecule has 0 spiro atoms. The van der Waals surface area contributed by atoms with Crippen molar-refractivity contribution in [2.75, 3.05) is 13.1 Å². The van der Waals surface area contributed by atoms with E-state index in [4.69, 9.17) is 0 Å². The van der Waals surface area contributed by atoms with Crippen molar-refractivity contribution in [3.05, 3.63) is 20.3 Å². The van der Waals surface area contributed by atoms with Gasteiger partial charge in [-0.25, -0.2) is 0 Å². The standard InChI is InChI=1S/C12H17BrN2O2S/c1-3-5-14-10(16)4-6-15-12(17)9-7-8(2)11(13)18-9/h7H,3-6H2,1-2H3,(H,14,16)(H,15,17). The summed E-state index contributed by atoms with van der Waals surface area (Å²) in [5, 5.41) is 5.50. The first-order valence-electron chi connectivity index (χ1n) is 5.85. The van der Waals surface area contributed by atoms with Gasteiger partial charge in [0.1, 0.15) is 0 Å². The topological polar surface area (TPSA) is 58.2 Å². The molecule has 100 valence electrons. The Bertz CT molecular complexity index is 412. The smallest absolute Gasteiger partial charge is 0.261 e. The second-order valence-corrected chi connectivity index (χ2v) is 6.29. The first kappa shape index (κ1) is 15.2. The van der Waals surface area contributed by atoms with E-state index in [9.17, 15) is 9.59 Å². The van der Waals surface area contributed by atoms with Crippen molar-refractivity contribution in [1.29, 1.82) is 0 Å². The van der Waals surface area contributed by atoms with Crippen LogP contribution in [-0.4, -0.2) is 24.9 Å². The van der Waals surface area contributed by atoms with Crippen LogP contribution in [-0.2, 0) is 4.79 Å². The van der Waals surface area contributed by atoms with Crippen LogP contribution in [0.5, 0.6) is 0 Å². The van der Waals surface area contributed by atoms with Gasteiger partial charge in [-0.2, -0.15) is 0 Å². The maximum Gasteiger partial charge on any atom is 0.261 e. The van der Waals surface area contributed by atoms with Gasteiger partial charge in [-0.1, -0.05) is 6.92 Å². The van der Waals surface area contributed by atoms with E-state index < -0.39 is 0 Å². The molecule has 0 radical (unpaired) electrons. The Hall–Kier alpha value is -0.880. The zero-order valence-corrected chi connectivity index (χ0v) is 12.9. The maximum atomic E-state index is 11.8.